The fourth-order valence-corrected chi connectivity index (χ4v) is 2.16. The predicted octanol–water partition coefficient (Wildman–Crippen LogP) is 2.03. The summed E-state index contributed by atoms with van der Waals surface area (Å²) in [7, 11) is 2.01. The molecule has 0 radical (unpaired) electrons. The second-order valence-electron chi connectivity index (χ2n) is 5.02. The molecule has 2 heterocycles. The van der Waals surface area contributed by atoms with Gasteiger partial charge in [-0.2, -0.15) is 13.2 Å². The van der Waals surface area contributed by atoms with E-state index in [4.69, 9.17) is 10.5 Å². The summed E-state index contributed by atoms with van der Waals surface area (Å²) in [6.45, 7) is 1.76. The van der Waals surface area contributed by atoms with E-state index in [-0.39, 0.29) is 18.5 Å². The van der Waals surface area contributed by atoms with Crippen molar-refractivity contribution >= 4 is 0 Å². The molecule has 0 aliphatic carbocycles. The zero-order valence-electron chi connectivity index (χ0n) is 11.3. The molecule has 4 nitrogen and oxygen atoms in total. The van der Waals surface area contributed by atoms with Gasteiger partial charge < -0.3 is 15.4 Å². The number of rotatable bonds is 3. The van der Waals surface area contributed by atoms with Gasteiger partial charge in [-0.05, 0) is 31.5 Å². The third kappa shape index (κ3) is 3.83. The standard InChI is InChI=1S/C13H18F3N3O/c1-19-4-2-10(3-5-19)20-12-7-9(8-17)6-11(18-12)13(14,15)16/h6-7,10H,2-5,8,17H2,1H3. The van der Waals surface area contributed by atoms with Crippen LogP contribution in [0.2, 0.25) is 0 Å². The van der Waals surface area contributed by atoms with Crippen LogP contribution in [0, 0.1) is 0 Å². The zero-order chi connectivity index (χ0) is 14.8. The molecule has 2 N–H and O–H groups in total. The molecule has 1 fully saturated rings. The van der Waals surface area contributed by atoms with Crippen LogP contribution in [-0.4, -0.2) is 36.1 Å². The van der Waals surface area contributed by atoms with Crippen LogP contribution in [0.1, 0.15) is 24.1 Å². The number of likely N-dealkylation sites (tertiary alicyclic amines) is 1. The van der Waals surface area contributed by atoms with Crippen LogP contribution >= 0.6 is 0 Å². The monoisotopic (exact) mass is 289 g/mol. The molecule has 0 spiro atoms. The van der Waals surface area contributed by atoms with Crippen LogP contribution in [0.25, 0.3) is 0 Å². The molecular formula is C13H18F3N3O. The average Bonchev–Trinajstić information content (AvgIpc) is 2.40. The van der Waals surface area contributed by atoms with Crippen molar-refractivity contribution in [3.63, 3.8) is 0 Å². The molecule has 1 aliphatic heterocycles. The number of pyridine rings is 1. The third-order valence-electron chi connectivity index (χ3n) is 3.34. The molecular weight excluding hydrogens is 271 g/mol. The van der Waals surface area contributed by atoms with Crippen molar-refractivity contribution in [3.05, 3.63) is 23.4 Å². The topological polar surface area (TPSA) is 51.4 Å². The minimum Gasteiger partial charge on any atom is -0.474 e. The van der Waals surface area contributed by atoms with Crippen molar-refractivity contribution in [1.29, 1.82) is 0 Å². The van der Waals surface area contributed by atoms with E-state index in [1.807, 2.05) is 7.05 Å². The van der Waals surface area contributed by atoms with Crippen molar-refractivity contribution in [1.82, 2.24) is 9.88 Å². The Morgan fingerprint density at radius 3 is 2.55 bits per heavy atom. The van der Waals surface area contributed by atoms with Crippen LogP contribution < -0.4 is 10.5 Å². The second-order valence-corrected chi connectivity index (χ2v) is 5.02. The van der Waals surface area contributed by atoms with Gasteiger partial charge in [-0.15, -0.1) is 0 Å². The highest BCUT2D eigenvalue weighted by Crippen LogP contribution is 2.30. The van der Waals surface area contributed by atoms with Gasteiger partial charge in [0.1, 0.15) is 11.8 Å². The molecule has 0 bridgehead atoms. The molecule has 0 saturated carbocycles. The molecule has 1 aromatic rings. The highest BCUT2D eigenvalue weighted by atomic mass is 19.4. The van der Waals surface area contributed by atoms with Gasteiger partial charge in [0.05, 0.1) is 0 Å². The Labute approximate surface area is 115 Å². The Hall–Kier alpha value is -1.34. The van der Waals surface area contributed by atoms with Crippen LogP contribution in [0.15, 0.2) is 12.1 Å². The number of ether oxygens (including phenoxy) is 1. The maximum absolute atomic E-state index is 12.7. The van der Waals surface area contributed by atoms with E-state index in [9.17, 15) is 13.2 Å². The van der Waals surface area contributed by atoms with Crippen molar-refractivity contribution in [2.45, 2.75) is 31.7 Å². The van der Waals surface area contributed by atoms with E-state index in [0.29, 0.717) is 5.56 Å². The number of aromatic nitrogens is 1. The first-order valence-electron chi connectivity index (χ1n) is 6.52. The van der Waals surface area contributed by atoms with Crippen LogP contribution in [-0.2, 0) is 12.7 Å². The lowest BCUT2D eigenvalue weighted by Crippen LogP contribution is -2.35. The van der Waals surface area contributed by atoms with Gasteiger partial charge in [0.15, 0.2) is 0 Å². The summed E-state index contributed by atoms with van der Waals surface area (Å²) in [5.74, 6) is 0.00910. The summed E-state index contributed by atoms with van der Waals surface area (Å²) in [6.07, 6.45) is -3.01. The average molecular weight is 289 g/mol. The van der Waals surface area contributed by atoms with Crippen molar-refractivity contribution < 1.29 is 17.9 Å². The molecule has 1 aromatic heterocycles. The number of alkyl halides is 3. The van der Waals surface area contributed by atoms with E-state index < -0.39 is 11.9 Å². The normalized spacial score (nSPS) is 18.2. The first-order chi connectivity index (χ1) is 9.38. The van der Waals surface area contributed by atoms with Crippen LogP contribution in [0.3, 0.4) is 0 Å². The summed E-state index contributed by atoms with van der Waals surface area (Å²) >= 11 is 0. The van der Waals surface area contributed by atoms with Crippen molar-refractivity contribution in [2.75, 3.05) is 20.1 Å². The minimum atomic E-state index is -4.49. The van der Waals surface area contributed by atoms with E-state index in [0.717, 1.165) is 32.0 Å². The first-order valence-corrected chi connectivity index (χ1v) is 6.52. The Morgan fingerprint density at radius 1 is 1.35 bits per heavy atom. The van der Waals surface area contributed by atoms with Crippen LogP contribution in [0.4, 0.5) is 13.2 Å². The molecule has 2 rings (SSSR count). The fraction of sp³-hybridized carbons (Fsp3) is 0.615. The molecule has 0 atom stereocenters. The number of hydrogen-bond donors (Lipinski definition) is 1. The maximum atomic E-state index is 12.7. The van der Waals surface area contributed by atoms with Gasteiger partial charge in [-0.3, -0.25) is 0 Å². The third-order valence-corrected chi connectivity index (χ3v) is 3.34. The molecule has 0 aromatic carbocycles. The fourth-order valence-electron chi connectivity index (χ4n) is 2.16. The molecule has 112 valence electrons. The lowest BCUT2D eigenvalue weighted by Gasteiger charge is -2.29. The number of nitrogens with zero attached hydrogens (tertiary/aromatic N) is 2. The highest BCUT2D eigenvalue weighted by molar-refractivity contribution is 5.26. The predicted molar refractivity (Wildman–Crippen MR) is 68.3 cm³/mol. The summed E-state index contributed by atoms with van der Waals surface area (Å²) in [6, 6.07) is 2.44. The summed E-state index contributed by atoms with van der Waals surface area (Å²) in [4.78, 5) is 5.71. The maximum Gasteiger partial charge on any atom is 0.433 e. The van der Waals surface area contributed by atoms with Gasteiger partial charge in [-0.25, -0.2) is 4.98 Å². The van der Waals surface area contributed by atoms with Gasteiger partial charge in [-0.1, -0.05) is 0 Å². The lowest BCUT2D eigenvalue weighted by molar-refractivity contribution is -0.141. The van der Waals surface area contributed by atoms with E-state index in [2.05, 4.69) is 9.88 Å². The van der Waals surface area contributed by atoms with E-state index in [1.165, 1.54) is 6.07 Å². The van der Waals surface area contributed by atoms with Crippen LogP contribution in [0.5, 0.6) is 5.88 Å². The number of nitrogens with two attached hydrogens (primary N) is 1. The highest BCUT2D eigenvalue weighted by Gasteiger charge is 2.33. The van der Waals surface area contributed by atoms with E-state index in [1.54, 1.807) is 0 Å². The Balaban J connectivity index is 2.14. The summed E-state index contributed by atoms with van der Waals surface area (Å²) in [5.41, 5.74) is 4.84. The smallest absolute Gasteiger partial charge is 0.433 e. The quantitative estimate of drug-likeness (QED) is 0.925. The second kappa shape index (κ2) is 5.97. The Kier molecular flexibility index (Phi) is 4.49. The largest absolute Gasteiger partial charge is 0.474 e. The molecule has 1 aliphatic rings. The summed E-state index contributed by atoms with van der Waals surface area (Å²) in [5, 5.41) is 0. The number of hydrogen-bond acceptors (Lipinski definition) is 4. The van der Waals surface area contributed by atoms with Crippen molar-refractivity contribution in [3.8, 4) is 5.88 Å². The first kappa shape index (κ1) is 15.1. The molecule has 0 amide bonds. The Bertz CT molecular complexity index is 457. The van der Waals surface area contributed by atoms with Gasteiger partial charge in [0, 0.05) is 25.7 Å². The van der Waals surface area contributed by atoms with Gasteiger partial charge >= 0.3 is 6.18 Å². The lowest BCUT2D eigenvalue weighted by atomic mass is 10.1. The molecule has 0 unspecified atom stereocenters. The SMILES string of the molecule is CN1CCC(Oc2cc(CN)cc(C(F)(F)F)n2)CC1. The molecule has 7 heteroatoms. The molecule has 1 saturated heterocycles. The number of piperidine rings is 1. The summed E-state index contributed by atoms with van der Waals surface area (Å²) < 4.78 is 43.8. The van der Waals surface area contributed by atoms with Crippen molar-refractivity contribution in [2.24, 2.45) is 5.73 Å². The number of halogens is 3. The zero-order valence-corrected chi connectivity index (χ0v) is 11.3. The van der Waals surface area contributed by atoms with E-state index >= 15 is 0 Å². The Morgan fingerprint density at radius 2 is 2.00 bits per heavy atom. The molecule has 20 heavy (non-hydrogen) atoms. The van der Waals surface area contributed by atoms with Gasteiger partial charge in [0.25, 0.3) is 0 Å². The minimum absolute atomic E-state index is 0.00910. The van der Waals surface area contributed by atoms with Gasteiger partial charge in [0.2, 0.25) is 5.88 Å².